The number of sulfone groups is 1. The molecule has 0 aliphatic rings. The summed E-state index contributed by atoms with van der Waals surface area (Å²) in [5.41, 5.74) is 2.17. The predicted molar refractivity (Wildman–Crippen MR) is 82.6 cm³/mol. The van der Waals surface area contributed by atoms with Crippen molar-refractivity contribution in [3.05, 3.63) is 17.5 Å². The third-order valence-electron chi connectivity index (χ3n) is 3.24. The van der Waals surface area contributed by atoms with Crippen molar-refractivity contribution in [2.24, 2.45) is 0 Å². The molecule has 0 aliphatic heterocycles. The van der Waals surface area contributed by atoms with E-state index in [1.165, 1.54) is 6.26 Å². The molecule has 1 N–H and O–H groups in total. The molecule has 0 saturated heterocycles. The third kappa shape index (κ3) is 5.63. The molecule has 0 fully saturated rings. The summed E-state index contributed by atoms with van der Waals surface area (Å²) in [7, 11) is -2.88. The zero-order chi connectivity index (χ0) is 15.2. The Hall–Kier alpha value is -0.880. The molecule has 1 atom stereocenters. The van der Waals surface area contributed by atoms with Gasteiger partial charge in [0.1, 0.15) is 9.84 Å². The van der Waals surface area contributed by atoms with E-state index in [1.807, 2.05) is 11.6 Å². The van der Waals surface area contributed by atoms with E-state index in [1.54, 1.807) is 0 Å². The van der Waals surface area contributed by atoms with Gasteiger partial charge in [-0.3, -0.25) is 4.68 Å². The van der Waals surface area contributed by atoms with Crippen LogP contribution < -0.4 is 5.32 Å². The molecule has 1 heterocycles. The van der Waals surface area contributed by atoms with Crippen molar-refractivity contribution in [2.45, 2.75) is 52.6 Å². The third-order valence-corrected chi connectivity index (χ3v) is 4.27. The van der Waals surface area contributed by atoms with Gasteiger partial charge in [-0.25, -0.2) is 8.42 Å². The Balaban J connectivity index is 2.77. The Morgan fingerprint density at radius 1 is 1.40 bits per heavy atom. The first-order chi connectivity index (χ1) is 9.37. The van der Waals surface area contributed by atoms with Crippen LogP contribution in [0, 0.1) is 6.92 Å². The zero-order valence-electron chi connectivity index (χ0n) is 13.0. The number of hydrogen-bond donors (Lipinski definition) is 1. The van der Waals surface area contributed by atoms with E-state index in [4.69, 9.17) is 0 Å². The van der Waals surface area contributed by atoms with Crippen molar-refractivity contribution in [1.82, 2.24) is 15.1 Å². The highest BCUT2D eigenvalue weighted by atomic mass is 32.2. The van der Waals surface area contributed by atoms with E-state index in [2.05, 4.69) is 30.3 Å². The van der Waals surface area contributed by atoms with Crippen LogP contribution in [0.4, 0.5) is 0 Å². The molecule has 116 valence electrons. The van der Waals surface area contributed by atoms with Crippen LogP contribution in [0.2, 0.25) is 0 Å². The quantitative estimate of drug-likeness (QED) is 0.758. The van der Waals surface area contributed by atoms with Gasteiger partial charge < -0.3 is 5.32 Å². The Morgan fingerprint density at radius 3 is 2.65 bits per heavy atom. The Labute approximate surface area is 122 Å². The van der Waals surface area contributed by atoms with Crippen LogP contribution in [0.3, 0.4) is 0 Å². The summed E-state index contributed by atoms with van der Waals surface area (Å²) in [5.74, 6) is 0.247. The van der Waals surface area contributed by atoms with E-state index in [-0.39, 0.29) is 11.8 Å². The summed E-state index contributed by atoms with van der Waals surface area (Å²) < 4.78 is 24.5. The molecule has 6 heteroatoms. The van der Waals surface area contributed by atoms with E-state index < -0.39 is 9.84 Å². The van der Waals surface area contributed by atoms with E-state index in [0.717, 1.165) is 37.3 Å². The fraction of sp³-hybridized carbons (Fsp3) is 0.786. The van der Waals surface area contributed by atoms with Gasteiger partial charge in [-0.15, -0.1) is 0 Å². The lowest BCUT2D eigenvalue weighted by Crippen LogP contribution is -2.25. The lowest BCUT2D eigenvalue weighted by molar-refractivity contribution is 0.452. The van der Waals surface area contributed by atoms with Crippen LogP contribution in [0.1, 0.15) is 50.5 Å². The monoisotopic (exact) mass is 301 g/mol. The molecule has 0 bridgehead atoms. The number of hydrogen-bond acceptors (Lipinski definition) is 4. The van der Waals surface area contributed by atoms with Gasteiger partial charge in [0.15, 0.2) is 0 Å². The maximum atomic E-state index is 11.3. The minimum absolute atomic E-state index is 0.179. The number of rotatable bonds is 9. The largest absolute Gasteiger partial charge is 0.309 e. The molecule has 1 unspecified atom stereocenters. The summed E-state index contributed by atoms with van der Waals surface area (Å²) in [4.78, 5) is 0. The first-order valence-corrected chi connectivity index (χ1v) is 9.38. The Bertz CT molecular complexity index is 508. The highest BCUT2D eigenvalue weighted by Crippen LogP contribution is 2.20. The molecule has 1 aromatic rings. The number of nitrogens with one attached hydrogen (secondary N) is 1. The van der Waals surface area contributed by atoms with Crippen molar-refractivity contribution in [3.8, 4) is 0 Å². The molecule has 20 heavy (non-hydrogen) atoms. The van der Waals surface area contributed by atoms with Gasteiger partial charge in [-0.2, -0.15) is 5.10 Å². The average Bonchev–Trinajstić information content (AvgIpc) is 2.73. The van der Waals surface area contributed by atoms with E-state index in [0.29, 0.717) is 6.42 Å². The number of aromatic nitrogens is 2. The highest BCUT2D eigenvalue weighted by Gasteiger charge is 2.17. The molecular formula is C14H27N3O2S. The van der Waals surface area contributed by atoms with Gasteiger partial charge in [0.2, 0.25) is 0 Å². The maximum Gasteiger partial charge on any atom is 0.147 e. The summed E-state index contributed by atoms with van der Waals surface area (Å²) in [6.07, 6.45) is 3.84. The Morgan fingerprint density at radius 2 is 2.10 bits per heavy atom. The van der Waals surface area contributed by atoms with Crippen LogP contribution in [0.15, 0.2) is 6.07 Å². The summed E-state index contributed by atoms with van der Waals surface area (Å²) in [5, 5.41) is 7.98. The first-order valence-electron chi connectivity index (χ1n) is 7.32. The topological polar surface area (TPSA) is 64.0 Å². The molecule has 1 aromatic heterocycles. The molecule has 0 aromatic carbocycles. The standard InChI is InChI=1S/C14H27N3O2S/c1-5-9-15-13(8-7-10-20(4,18)19)14-11-12(3)16-17(14)6-2/h11,13,15H,5-10H2,1-4H3. The van der Waals surface area contributed by atoms with Crippen LogP contribution in [0.5, 0.6) is 0 Å². The summed E-state index contributed by atoms with van der Waals surface area (Å²) in [6, 6.07) is 2.27. The number of aryl methyl sites for hydroxylation is 2. The smallest absolute Gasteiger partial charge is 0.147 e. The minimum Gasteiger partial charge on any atom is -0.309 e. The molecular weight excluding hydrogens is 274 g/mol. The average molecular weight is 301 g/mol. The van der Waals surface area contributed by atoms with Gasteiger partial charge >= 0.3 is 0 Å². The van der Waals surface area contributed by atoms with Crippen LogP contribution in [0.25, 0.3) is 0 Å². The Kier molecular flexibility index (Phi) is 6.68. The second kappa shape index (κ2) is 7.78. The van der Waals surface area contributed by atoms with Crippen LogP contribution in [-0.4, -0.2) is 36.8 Å². The summed E-state index contributed by atoms with van der Waals surface area (Å²) in [6.45, 7) is 7.95. The molecule has 5 nitrogen and oxygen atoms in total. The second-order valence-electron chi connectivity index (χ2n) is 5.31. The van der Waals surface area contributed by atoms with Gasteiger partial charge in [0, 0.05) is 24.6 Å². The molecule has 1 rings (SSSR count). The van der Waals surface area contributed by atoms with Gasteiger partial charge in [0.25, 0.3) is 0 Å². The normalized spacial score (nSPS) is 13.6. The zero-order valence-corrected chi connectivity index (χ0v) is 13.8. The molecule has 0 radical (unpaired) electrons. The fourth-order valence-electron chi connectivity index (χ4n) is 2.32. The van der Waals surface area contributed by atoms with Gasteiger partial charge in [0.05, 0.1) is 11.4 Å². The maximum absolute atomic E-state index is 11.3. The van der Waals surface area contributed by atoms with Crippen LogP contribution >= 0.6 is 0 Å². The second-order valence-corrected chi connectivity index (χ2v) is 7.56. The van der Waals surface area contributed by atoms with E-state index in [9.17, 15) is 8.42 Å². The van der Waals surface area contributed by atoms with Crippen molar-refractivity contribution >= 4 is 9.84 Å². The molecule has 0 spiro atoms. The summed E-state index contributed by atoms with van der Waals surface area (Å²) >= 11 is 0. The van der Waals surface area contributed by atoms with Gasteiger partial charge in [-0.1, -0.05) is 6.92 Å². The predicted octanol–water partition coefficient (Wildman–Crippen LogP) is 2.08. The molecule has 0 aliphatic carbocycles. The first kappa shape index (κ1) is 17.2. The molecule has 0 saturated carbocycles. The van der Waals surface area contributed by atoms with Crippen molar-refractivity contribution in [2.75, 3.05) is 18.6 Å². The fourth-order valence-corrected chi connectivity index (χ4v) is 3.01. The lowest BCUT2D eigenvalue weighted by atomic mass is 10.1. The SMILES string of the molecule is CCCNC(CCCS(C)(=O)=O)c1cc(C)nn1CC. The van der Waals surface area contributed by atoms with Crippen molar-refractivity contribution < 1.29 is 8.42 Å². The minimum atomic E-state index is -2.88. The van der Waals surface area contributed by atoms with Gasteiger partial charge in [-0.05, 0) is 45.7 Å². The lowest BCUT2D eigenvalue weighted by Gasteiger charge is -2.19. The highest BCUT2D eigenvalue weighted by molar-refractivity contribution is 7.90. The van der Waals surface area contributed by atoms with Crippen molar-refractivity contribution in [1.29, 1.82) is 0 Å². The van der Waals surface area contributed by atoms with E-state index >= 15 is 0 Å². The number of nitrogens with zero attached hydrogens (tertiary/aromatic N) is 2. The van der Waals surface area contributed by atoms with Crippen molar-refractivity contribution in [3.63, 3.8) is 0 Å². The molecule has 0 amide bonds. The van der Waals surface area contributed by atoms with Crippen LogP contribution in [-0.2, 0) is 16.4 Å².